The van der Waals surface area contributed by atoms with Crippen LogP contribution in [0.2, 0.25) is 0 Å². The van der Waals surface area contributed by atoms with Crippen LogP contribution >= 0.6 is 0 Å². The Labute approximate surface area is 105 Å². The van der Waals surface area contributed by atoms with E-state index in [0.717, 1.165) is 11.1 Å². The fraction of sp³-hybridized carbons (Fsp3) is 0.250. The van der Waals surface area contributed by atoms with Crippen molar-refractivity contribution < 1.29 is 4.79 Å². The standard InChI is InChI=1S/C12H15N5O/c1-7-5-3-4-6-9(7)8(2)14-11(18)10-15-12(13)17-16-10/h3-6,8H,1-2H3,(H,14,18)(H3,13,15,16,17)/t8-/m0/s1. The monoisotopic (exact) mass is 245 g/mol. The van der Waals surface area contributed by atoms with Crippen molar-refractivity contribution in [1.29, 1.82) is 0 Å². The van der Waals surface area contributed by atoms with Crippen molar-refractivity contribution in [2.75, 3.05) is 5.73 Å². The summed E-state index contributed by atoms with van der Waals surface area (Å²) in [6.07, 6.45) is 0. The van der Waals surface area contributed by atoms with Gasteiger partial charge >= 0.3 is 0 Å². The zero-order valence-electron chi connectivity index (χ0n) is 10.3. The first-order chi connectivity index (χ1) is 8.58. The highest BCUT2D eigenvalue weighted by Gasteiger charge is 2.15. The molecule has 1 amide bonds. The number of amides is 1. The highest BCUT2D eigenvalue weighted by molar-refractivity contribution is 5.90. The van der Waals surface area contributed by atoms with Gasteiger partial charge in [-0.2, -0.15) is 4.98 Å². The molecule has 0 aliphatic heterocycles. The Kier molecular flexibility index (Phi) is 3.27. The van der Waals surface area contributed by atoms with Gasteiger partial charge in [0.25, 0.3) is 5.91 Å². The summed E-state index contributed by atoms with van der Waals surface area (Å²) in [7, 11) is 0. The number of hydrogen-bond donors (Lipinski definition) is 3. The highest BCUT2D eigenvalue weighted by atomic mass is 16.2. The number of aromatic nitrogens is 3. The van der Waals surface area contributed by atoms with Crippen LogP contribution in [0.3, 0.4) is 0 Å². The second-order valence-electron chi connectivity index (χ2n) is 4.09. The number of nitrogens with two attached hydrogens (primary N) is 1. The van der Waals surface area contributed by atoms with Gasteiger partial charge in [-0.05, 0) is 25.0 Å². The molecule has 6 heteroatoms. The molecule has 2 aromatic rings. The van der Waals surface area contributed by atoms with Gasteiger partial charge in [-0.25, -0.2) is 0 Å². The molecular formula is C12H15N5O. The van der Waals surface area contributed by atoms with Crippen molar-refractivity contribution in [3.8, 4) is 0 Å². The molecular weight excluding hydrogens is 230 g/mol. The molecule has 6 nitrogen and oxygen atoms in total. The third kappa shape index (κ3) is 2.48. The van der Waals surface area contributed by atoms with Crippen LogP contribution in [0, 0.1) is 6.92 Å². The number of carbonyl (C=O) groups excluding carboxylic acids is 1. The van der Waals surface area contributed by atoms with Gasteiger partial charge in [0.15, 0.2) is 0 Å². The Morgan fingerprint density at radius 2 is 2.17 bits per heavy atom. The summed E-state index contributed by atoms with van der Waals surface area (Å²) in [5.41, 5.74) is 7.54. The smallest absolute Gasteiger partial charge is 0.289 e. The van der Waals surface area contributed by atoms with Crippen LogP contribution in [0.1, 0.15) is 34.7 Å². The average Bonchev–Trinajstić information content (AvgIpc) is 2.76. The molecule has 0 unspecified atom stereocenters. The van der Waals surface area contributed by atoms with Crippen molar-refractivity contribution in [1.82, 2.24) is 20.5 Å². The van der Waals surface area contributed by atoms with Gasteiger partial charge in [0, 0.05) is 0 Å². The second-order valence-corrected chi connectivity index (χ2v) is 4.09. The molecule has 1 atom stereocenters. The Morgan fingerprint density at radius 1 is 1.44 bits per heavy atom. The lowest BCUT2D eigenvalue weighted by Crippen LogP contribution is -2.28. The van der Waals surface area contributed by atoms with Crippen LogP contribution in [0.4, 0.5) is 5.95 Å². The Bertz CT molecular complexity index is 563. The van der Waals surface area contributed by atoms with E-state index in [4.69, 9.17) is 5.73 Å². The Morgan fingerprint density at radius 3 is 2.78 bits per heavy atom. The number of carbonyl (C=O) groups is 1. The molecule has 18 heavy (non-hydrogen) atoms. The summed E-state index contributed by atoms with van der Waals surface area (Å²) in [6.45, 7) is 3.92. The van der Waals surface area contributed by atoms with Crippen LogP contribution in [0.25, 0.3) is 0 Å². The summed E-state index contributed by atoms with van der Waals surface area (Å²) in [5.74, 6) is -0.147. The molecule has 0 aliphatic carbocycles. The van der Waals surface area contributed by atoms with Gasteiger partial charge in [0.2, 0.25) is 11.8 Å². The van der Waals surface area contributed by atoms with E-state index in [1.807, 2.05) is 38.1 Å². The van der Waals surface area contributed by atoms with Crippen LogP contribution in [-0.2, 0) is 0 Å². The molecule has 0 saturated heterocycles. The minimum absolute atomic E-state index is 0.0590. The Hall–Kier alpha value is -2.37. The maximum absolute atomic E-state index is 11.9. The predicted octanol–water partition coefficient (Wildman–Crippen LogP) is 1.19. The summed E-state index contributed by atoms with van der Waals surface area (Å²) in [5, 5.41) is 8.93. The lowest BCUT2D eigenvalue weighted by atomic mass is 10.0. The fourth-order valence-corrected chi connectivity index (χ4v) is 1.79. The van der Waals surface area contributed by atoms with E-state index >= 15 is 0 Å². The maximum Gasteiger partial charge on any atom is 0.289 e. The van der Waals surface area contributed by atoms with Crippen LogP contribution in [-0.4, -0.2) is 21.1 Å². The van der Waals surface area contributed by atoms with E-state index < -0.39 is 0 Å². The summed E-state index contributed by atoms with van der Waals surface area (Å²) in [4.78, 5) is 15.6. The molecule has 1 aromatic heterocycles. The fourth-order valence-electron chi connectivity index (χ4n) is 1.79. The number of hydrogen-bond acceptors (Lipinski definition) is 4. The average molecular weight is 245 g/mol. The molecule has 94 valence electrons. The topological polar surface area (TPSA) is 96.7 Å². The van der Waals surface area contributed by atoms with Gasteiger partial charge in [0.05, 0.1) is 6.04 Å². The van der Waals surface area contributed by atoms with E-state index in [9.17, 15) is 4.79 Å². The number of nitrogens with one attached hydrogen (secondary N) is 2. The number of anilines is 1. The minimum Gasteiger partial charge on any atom is -0.366 e. The van der Waals surface area contributed by atoms with E-state index in [1.54, 1.807) is 0 Å². The number of aryl methyl sites for hydroxylation is 1. The van der Waals surface area contributed by atoms with E-state index in [0.29, 0.717) is 0 Å². The number of rotatable bonds is 3. The molecule has 0 radical (unpaired) electrons. The van der Waals surface area contributed by atoms with Crippen LogP contribution in [0.15, 0.2) is 24.3 Å². The number of aromatic amines is 1. The molecule has 0 bridgehead atoms. The van der Waals surface area contributed by atoms with Crippen LogP contribution in [0.5, 0.6) is 0 Å². The van der Waals surface area contributed by atoms with E-state index in [2.05, 4.69) is 20.5 Å². The molecule has 0 aliphatic rings. The lowest BCUT2D eigenvalue weighted by molar-refractivity contribution is 0.0930. The van der Waals surface area contributed by atoms with Crippen LogP contribution < -0.4 is 11.1 Å². The van der Waals surface area contributed by atoms with E-state index in [-0.39, 0.29) is 23.7 Å². The van der Waals surface area contributed by atoms with Gasteiger partial charge in [-0.1, -0.05) is 24.3 Å². The van der Waals surface area contributed by atoms with Gasteiger partial charge in [-0.3, -0.25) is 9.89 Å². The zero-order chi connectivity index (χ0) is 13.1. The first kappa shape index (κ1) is 12.1. The quantitative estimate of drug-likeness (QED) is 0.756. The molecule has 0 spiro atoms. The predicted molar refractivity (Wildman–Crippen MR) is 67.9 cm³/mol. The lowest BCUT2D eigenvalue weighted by Gasteiger charge is -2.15. The van der Waals surface area contributed by atoms with E-state index in [1.165, 1.54) is 0 Å². The Balaban J connectivity index is 2.10. The van der Waals surface area contributed by atoms with Crippen molar-refractivity contribution in [3.63, 3.8) is 0 Å². The molecule has 0 fully saturated rings. The zero-order valence-corrected chi connectivity index (χ0v) is 10.3. The third-order valence-corrected chi connectivity index (χ3v) is 2.72. The maximum atomic E-state index is 11.9. The van der Waals surface area contributed by atoms with Crippen molar-refractivity contribution in [3.05, 3.63) is 41.2 Å². The van der Waals surface area contributed by atoms with Crippen molar-refractivity contribution in [2.24, 2.45) is 0 Å². The first-order valence-electron chi connectivity index (χ1n) is 5.62. The molecule has 4 N–H and O–H groups in total. The summed E-state index contributed by atoms with van der Waals surface area (Å²) < 4.78 is 0. The normalized spacial score (nSPS) is 12.1. The third-order valence-electron chi connectivity index (χ3n) is 2.72. The first-order valence-corrected chi connectivity index (χ1v) is 5.62. The number of nitrogen functional groups attached to an aromatic ring is 1. The molecule has 0 saturated carbocycles. The molecule has 1 aromatic carbocycles. The van der Waals surface area contributed by atoms with Crippen molar-refractivity contribution >= 4 is 11.9 Å². The molecule has 1 heterocycles. The highest BCUT2D eigenvalue weighted by Crippen LogP contribution is 2.16. The van der Waals surface area contributed by atoms with Gasteiger partial charge in [-0.15, -0.1) is 5.10 Å². The summed E-state index contributed by atoms with van der Waals surface area (Å²) in [6, 6.07) is 7.78. The molecule has 2 rings (SSSR count). The van der Waals surface area contributed by atoms with Gasteiger partial charge in [0.1, 0.15) is 0 Å². The number of nitrogens with zero attached hydrogens (tertiary/aromatic N) is 2. The minimum atomic E-state index is -0.324. The number of benzene rings is 1. The SMILES string of the molecule is Cc1ccccc1[C@H](C)NC(=O)c1nc(N)n[nH]1. The van der Waals surface area contributed by atoms with Gasteiger partial charge < -0.3 is 11.1 Å². The summed E-state index contributed by atoms with van der Waals surface area (Å²) >= 11 is 0. The van der Waals surface area contributed by atoms with Crippen molar-refractivity contribution in [2.45, 2.75) is 19.9 Å². The largest absolute Gasteiger partial charge is 0.366 e. The number of H-pyrrole nitrogens is 1. The second kappa shape index (κ2) is 4.87.